The second-order valence-corrected chi connectivity index (χ2v) is 4.23. The zero-order valence-corrected chi connectivity index (χ0v) is 10.3. The Labute approximate surface area is 108 Å². The molecule has 98 valence electrons. The number of hydrogen-bond donors (Lipinski definition) is 2. The topological polar surface area (TPSA) is 107 Å². The van der Waals surface area contributed by atoms with Crippen molar-refractivity contribution in [3.05, 3.63) is 42.2 Å². The van der Waals surface area contributed by atoms with Crippen LogP contribution in [0.5, 0.6) is 0 Å². The fraction of sp³-hybridized carbons (Fsp3) is 0.250. The van der Waals surface area contributed by atoms with Gasteiger partial charge in [0.2, 0.25) is 11.7 Å². The zero-order valence-electron chi connectivity index (χ0n) is 10.3. The molecule has 0 bridgehead atoms. The number of H-pyrrole nitrogens is 1. The van der Waals surface area contributed by atoms with Gasteiger partial charge in [-0.25, -0.2) is 4.98 Å². The number of nitrogens with two attached hydrogens (primary N) is 1. The lowest BCUT2D eigenvalue weighted by Gasteiger charge is -2.03. The lowest BCUT2D eigenvalue weighted by molar-refractivity contribution is 0.354. The molecule has 19 heavy (non-hydrogen) atoms. The summed E-state index contributed by atoms with van der Waals surface area (Å²) in [7, 11) is 0. The first-order valence-corrected chi connectivity index (χ1v) is 5.85. The van der Waals surface area contributed by atoms with E-state index in [0.29, 0.717) is 18.1 Å². The molecule has 0 amide bonds. The Morgan fingerprint density at radius 1 is 1.47 bits per heavy atom. The van der Waals surface area contributed by atoms with Crippen LogP contribution in [0.4, 0.5) is 0 Å². The predicted octanol–water partition coefficient (Wildman–Crippen LogP) is 1.60. The lowest BCUT2D eigenvalue weighted by Crippen LogP contribution is -2.13. The van der Waals surface area contributed by atoms with Crippen LogP contribution in [0.1, 0.15) is 23.4 Å². The molecule has 0 aromatic carbocycles. The van der Waals surface area contributed by atoms with Gasteiger partial charge in [-0.2, -0.15) is 4.98 Å². The number of hydrogen-bond acceptors (Lipinski definition) is 6. The van der Waals surface area contributed by atoms with E-state index in [2.05, 4.69) is 20.1 Å². The van der Waals surface area contributed by atoms with Crippen molar-refractivity contribution in [2.75, 3.05) is 0 Å². The smallest absolute Gasteiger partial charge is 0.244 e. The van der Waals surface area contributed by atoms with Crippen molar-refractivity contribution in [2.45, 2.75) is 19.4 Å². The predicted molar refractivity (Wildman–Crippen MR) is 66.0 cm³/mol. The molecule has 0 radical (unpaired) electrons. The Hall–Kier alpha value is -2.41. The van der Waals surface area contributed by atoms with Crippen molar-refractivity contribution < 1.29 is 8.94 Å². The van der Waals surface area contributed by atoms with Crippen LogP contribution in [0.15, 0.2) is 33.8 Å². The van der Waals surface area contributed by atoms with E-state index in [-0.39, 0.29) is 6.04 Å². The van der Waals surface area contributed by atoms with E-state index < -0.39 is 0 Å². The summed E-state index contributed by atoms with van der Waals surface area (Å²) in [6.45, 7) is 1.84. The Balaban J connectivity index is 1.79. The third-order valence-electron chi connectivity index (χ3n) is 2.85. The number of rotatable bonds is 4. The summed E-state index contributed by atoms with van der Waals surface area (Å²) in [5, 5.41) is 3.92. The van der Waals surface area contributed by atoms with Crippen molar-refractivity contribution in [3.8, 4) is 11.4 Å². The summed E-state index contributed by atoms with van der Waals surface area (Å²) in [6, 6.07) is 1.43. The van der Waals surface area contributed by atoms with Gasteiger partial charge in [-0.1, -0.05) is 5.16 Å². The van der Waals surface area contributed by atoms with Crippen LogP contribution in [0.25, 0.3) is 11.4 Å². The van der Waals surface area contributed by atoms with E-state index in [0.717, 1.165) is 17.0 Å². The minimum absolute atomic E-state index is 0.367. The van der Waals surface area contributed by atoms with Crippen LogP contribution in [-0.2, 0) is 6.42 Å². The standard InChI is InChI=1S/C12H13N5O2/c1-7-9(2-3-18-7)11-16-12(19-17-11)10(13)4-8-5-14-6-15-8/h2-3,5-6,10H,4,13H2,1H3,(H,14,15). The zero-order chi connectivity index (χ0) is 13.2. The highest BCUT2D eigenvalue weighted by Crippen LogP contribution is 2.23. The highest BCUT2D eigenvalue weighted by atomic mass is 16.5. The van der Waals surface area contributed by atoms with Crippen molar-refractivity contribution in [1.29, 1.82) is 0 Å². The molecule has 0 fully saturated rings. The molecule has 0 aliphatic heterocycles. The molecule has 7 nitrogen and oxygen atoms in total. The summed E-state index contributed by atoms with van der Waals surface area (Å²) in [5.74, 6) is 1.63. The largest absolute Gasteiger partial charge is 0.469 e. The number of aryl methyl sites for hydroxylation is 1. The maximum absolute atomic E-state index is 6.02. The van der Waals surface area contributed by atoms with Gasteiger partial charge in [-0.3, -0.25) is 0 Å². The number of nitrogens with zero attached hydrogens (tertiary/aromatic N) is 3. The van der Waals surface area contributed by atoms with Gasteiger partial charge in [-0.15, -0.1) is 0 Å². The fourth-order valence-corrected chi connectivity index (χ4v) is 1.83. The van der Waals surface area contributed by atoms with E-state index in [1.165, 1.54) is 0 Å². The number of aromatic amines is 1. The molecule has 0 saturated heterocycles. The van der Waals surface area contributed by atoms with Crippen molar-refractivity contribution in [3.63, 3.8) is 0 Å². The van der Waals surface area contributed by atoms with Gasteiger partial charge in [0, 0.05) is 18.3 Å². The molecule has 3 rings (SSSR count). The van der Waals surface area contributed by atoms with E-state index in [1.54, 1.807) is 24.9 Å². The molecule has 1 atom stereocenters. The molecule has 1 unspecified atom stereocenters. The third kappa shape index (κ3) is 2.27. The van der Waals surface area contributed by atoms with Crippen molar-refractivity contribution >= 4 is 0 Å². The maximum atomic E-state index is 6.02. The van der Waals surface area contributed by atoms with E-state index in [1.807, 2.05) is 6.92 Å². The van der Waals surface area contributed by atoms with Crippen LogP contribution in [0, 0.1) is 6.92 Å². The fourth-order valence-electron chi connectivity index (χ4n) is 1.83. The van der Waals surface area contributed by atoms with E-state index >= 15 is 0 Å². The first-order chi connectivity index (χ1) is 9.24. The summed E-state index contributed by atoms with van der Waals surface area (Å²) in [6.07, 6.45) is 5.48. The van der Waals surface area contributed by atoms with Gasteiger partial charge in [0.25, 0.3) is 0 Å². The third-order valence-corrected chi connectivity index (χ3v) is 2.85. The summed E-state index contributed by atoms with van der Waals surface area (Å²) >= 11 is 0. The highest BCUT2D eigenvalue weighted by Gasteiger charge is 2.18. The first kappa shape index (κ1) is 11.7. The molecule has 3 N–H and O–H groups in total. The van der Waals surface area contributed by atoms with Gasteiger partial charge in [0.15, 0.2) is 0 Å². The Morgan fingerprint density at radius 3 is 3.05 bits per heavy atom. The normalized spacial score (nSPS) is 12.7. The van der Waals surface area contributed by atoms with Crippen LogP contribution in [0.2, 0.25) is 0 Å². The van der Waals surface area contributed by atoms with Gasteiger partial charge in [0.1, 0.15) is 5.76 Å². The number of nitrogens with one attached hydrogen (secondary N) is 1. The van der Waals surface area contributed by atoms with Crippen LogP contribution < -0.4 is 5.73 Å². The van der Waals surface area contributed by atoms with Crippen LogP contribution >= 0.6 is 0 Å². The molecule has 0 aliphatic rings. The molecule has 0 spiro atoms. The van der Waals surface area contributed by atoms with Gasteiger partial charge in [-0.05, 0) is 13.0 Å². The Bertz CT molecular complexity index is 655. The molecule has 0 saturated carbocycles. The minimum atomic E-state index is -0.367. The molecule has 3 aromatic rings. The Morgan fingerprint density at radius 2 is 2.37 bits per heavy atom. The van der Waals surface area contributed by atoms with Crippen LogP contribution in [0.3, 0.4) is 0 Å². The molecule has 3 aromatic heterocycles. The minimum Gasteiger partial charge on any atom is -0.469 e. The number of imidazole rings is 1. The van der Waals surface area contributed by atoms with E-state index in [9.17, 15) is 0 Å². The average Bonchev–Trinajstić information content (AvgIpc) is 3.08. The van der Waals surface area contributed by atoms with Crippen LogP contribution in [-0.4, -0.2) is 20.1 Å². The quantitative estimate of drug-likeness (QED) is 0.737. The second-order valence-electron chi connectivity index (χ2n) is 4.23. The molecule has 3 heterocycles. The van der Waals surface area contributed by atoms with Gasteiger partial charge in [0.05, 0.1) is 24.2 Å². The molecular formula is C12H13N5O2. The van der Waals surface area contributed by atoms with Crippen molar-refractivity contribution in [1.82, 2.24) is 20.1 Å². The number of aromatic nitrogens is 4. The summed E-state index contributed by atoms with van der Waals surface area (Å²) in [5.41, 5.74) is 7.76. The molecular weight excluding hydrogens is 246 g/mol. The average molecular weight is 259 g/mol. The monoisotopic (exact) mass is 259 g/mol. The summed E-state index contributed by atoms with van der Waals surface area (Å²) in [4.78, 5) is 11.2. The summed E-state index contributed by atoms with van der Waals surface area (Å²) < 4.78 is 10.4. The maximum Gasteiger partial charge on any atom is 0.244 e. The van der Waals surface area contributed by atoms with Gasteiger partial charge >= 0.3 is 0 Å². The highest BCUT2D eigenvalue weighted by molar-refractivity contribution is 5.56. The van der Waals surface area contributed by atoms with Crippen molar-refractivity contribution in [2.24, 2.45) is 5.73 Å². The number of furan rings is 1. The lowest BCUT2D eigenvalue weighted by atomic mass is 10.2. The first-order valence-electron chi connectivity index (χ1n) is 5.85. The molecule has 7 heteroatoms. The second kappa shape index (κ2) is 4.69. The SMILES string of the molecule is Cc1occc1-c1noc(C(N)Cc2cnc[nH]2)n1. The Kier molecular flexibility index (Phi) is 2.88. The molecule has 0 aliphatic carbocycles. The van der Waals surface area contributed by atoms with E-state index in [4.69, 9.17) is 14.7 Å². The van der Waals surface area contributed by atoms with Gasteiger partial charge < -0.3 is 19.7 Å².